The number of anilines is 1. The lowest BCUT2D eigenvalue weighted by Crippen LogP contribution is -2.13. The highest BCUT2D eigenvalue weighted by Gasteiger charge is 2.03. The van der Waals surface area contributed by atoms with E-state index < -0.39 is 16.6 Å². The van der Waals surface area contributed by atoms with E-state index in [0.29, 0.717) is 22.5 Å². The van der Waals surface area contributed by atoms with Crippen molar-refractivity contribution in [2.45, 2.75) is 6.92 Å². The summed E-state index contributed by atoms with van der Waals surface area (Å²) in [5, 5.41) is 2.81. The maximum absolute atomic E-state index is 13.2. The summed E-state index contributed by atoms with van der Waals surface area (Å²) in [6.07, 6.45) is 1.52. The quantitative estimate of drug-likeness (QED) is 0.905. The van der Waals surface area contributed by atoms with Gasteiger partial charge in [0.1, 0.15) is 0 Å². The van der Waals surface area contributed by atoms with Crippen molar-refractivity contribution in [3.05, 3.63) is 22.6 Å². The first-order valence-electron chi connectivity index (χ1n) is 4.53. The zero-order chi connectivity index (χ0) is 11.3. The molecular formula is C9H12BrFN2OS. The van der Waals surface area contributed by atoms with E-state index in [9.17, 15) is 8.60 Å². The molecule has 0 saturated heterocycles. The highest BCUT2D eigenvalue weighted by Crippen LogP contribution is 2.15. The Morgan fingerprint density at radius 2 is 2.40 bits per heavy atom. The molecule has 0 aliphatic heterocycles. The maximum Gasteiger partial charge on any atom is 0.166 e. The third kappa shape index (κ3) is 4.25. The van der Waals surface area contributed by atoms with Crippen LogP contribution in [0, 0.1) is 5.82 Å². The van der Waals surface area contributed by atoms with Crippen LogP contribution < -0.4 is 5.32 Å². The topological polar surface area (TPSA) is 42.0 Å². The Morgan fingerprint density at radius 1 is 1.67 bits per heavy atom. The third-order valence-corrected chi connectivity index (χ3v) is 3.49. The molecule has 84 valence electrons. The van der Waals surface area contributed by atoms with Crippen LogP contribution in [0.3, 0.4) is 0 Å². The Hall–Kier alpha value is -0.490. The van der Waals surface area contributed by atoms with Gasteiger partial charge in [-0.25, -0.2) is 9.37 Å². The summed E-state index contributed by atoms with van der Waals surface area (Å²) in [6, 6.07) is 1.34. The van der Waals surface area contributed by atoms with E-state index in [4.69, 9.17) is 0 Å². The molecule has 0 saturated carbocycles. The Bertz CT molecular complexity index is 362. The summed E-state index contributed by atoms with van der Waals surface area (Å²) in [6.45, 7) is 2.32. The molecule has 0 aliphatic carbocycles. The second-order valence-electron chi connectivity index (χ2n) is 2.84. The van der Waals surface area contributed by atoms with Gasteiger partial charge in [0.2, 0.25) is 0 Å². The summed E-state index contributed by atoms with van der Waals surface area (Å²) >= 11 is 3.12. The summed E-state index contributed by atoms with van der Waals surface area (Å²) in [5.74, 6) is 0.920. The molecule has 1 N–H and O–H groups in total. The Kier molecular flexibility index (Phi) is 5.17. The molecule has 1 heterocycles. The van der Waals surface area contributed by atoms with Gasteiger partial charge in [-0.05, 0) is 22.0 Å². The molecule has 1 rings (SSSR count). The first-order valence-corrected chi connectivity index (χ1v) is 6.81. The third-order valence-electron chi connectivity index (χ3n) is 1.75. The number of hydrogen-bond donors (Lipinski definition) is 1. The summed E-state index contributed by atoms with van der Waals surface area (Å²) in [4.78, 5) is 3.87. The molecule has 0 fully saturated rings. The second-order valence-corrected chi connectivity index (χ2v) is 5.62. The van der Waals surface area contributed by atoms with Crippen LogP contribution in [-0.2, 0) is 10.8 Å². The van der Waals surface area contributed by atoms with Gasteiger partial charge in [0.25, 0.3) is 0 Å². The van der Waals surface area contributed by atoms with Gasteiger partial charge in [-0.3, -0.25) is 4.21 Å². The zero-order valence-electron chi connectivity index (χ0n) is 8.30. The minimum absolute atomic E-state index is 0.200. The lowest BCUT2D eigenvalue weighted by Gasteiger charge is -2.05. The molecule has 1 aromatic heterocycles. The largest absolute Gasteiger partial charge is 0.367 e. The van der Waals surface area contributed by atoms with Crippen molar-refractivity contribution < 1.29 is 8.60 Å². The maximum atomic E-state index is 13.2. The standard InChI is InChI=1S/C9H12BrFN2OS/c1-2-15(14)4-3-12-9-8(11)5-7(10)6-13-9/h5-6H,2-4H2,1H3,(H,12,13). The molecule has 3 nitrogen and oxygen atoms in total. The molecule has 1 atom stereocenters. The number of aromatic nitrogens is 1. The average Bonchev–Trinajstić information content (AvgIpc) is 2.21. The summed E-state index contributed by atoms with van der Waals surface area (Å²) in [5.41, 5.74) is 0. The van der Waals surface area contributed by atoms with E-state index in [2.05, 4.69) is 26.2 Å². The van der Waals surface area contributed by atoms with E-state index in [1.807, 2.05) is 6.92 Å². The van der Waals surface area contributed by atoms with Gasteiger partial charge in [-0.15, -0.1) is 0 Å². The Balaban J connectivity index is 2.47. The lowest BCUT2D eigenvalue weighted by atomic mass is 10.4. The van der Waals surface area contributed by atoms with E-state index in [1.54, 1.807) is 0 Å². The molecule has 0 bridgehead atoms. The smallest absolute Gasteiger partial charge is 0.166 e. The van der Waals surface area contributed by atoms with Gasteiger partial charge in [0.05, 0.1) is 0 Å². The predicted octanol–water partition coefficient (Wildman–Crippen LogP) is 2.16. The van der Waals surface area contributed by atoms with Gasteiger partial charge < -0.3 is 5.32 Å². The van der Waals surface area contributed by atoms with E-state index in [0.717, 1.165) is 0 Å². The van der Waals surface area contributed by atoms with Crippen molar-refractivity contribution in [3.63, 3.8) is 0 Å². The van der Waals surface area contributed by atoms with Gasteiger partial charge >= 0.3 is 0 Å². The van der Waals surface area contributed by atoms with Crippen molar-refractivity contribution in [1.29, 1.82) is 0 Å². The fourth-order valence-electron chi connectivity index (χ4n) is 0.972. The fourth-order valence-corrected chi connectivity index (χ4v) is 1.89. The molecular weight excluding hydrogens is 283 g/mol. The number of nitrogens with one attached hydrogen (secondary N) is 1. The molecule has 0 amide bonds. The highest BCUT2D eigenvalue weighted by atomic mass is 79.9. The number of nitrogens with zero attached hydrogens (tertiary/aromatic N) is 1. The molecule has 6 heteroatoms. The van der Waals surface area contributed by atoms with Gasteiger partial charge in [0, 0.05) is 39.5 Å². The summed E-state index contributed by atoms with van der Waals surface area (Å²) < 4.78 is 24.9. The molecule has 0 aromatic carbocycles. The Labute approximate surface area is 99.1 Å². The van der Waals surface area contributed by atoms with E-state index >= 15 is 0 Å². The Morgan fingerprint density at radius 3 is 3.00 bits per heavy atom. The predicted molar refractivity (Wildman–Crippen MR) is 63.9 cm³/mol. The minimum atomic E-state index is -0.834. The van der Waals surface area contributed by atoms with E-state index in [1.165, 1.54) is 12.3 Å². The lowest BCUT2D eigenvalue weighted by molar-refractivity contribution is 0.623. The van der Waals surface area contributed by atoms with E-state index in [-0.39, 0.29) is 5.82 Å². The van der Waals surface area contributed by atoms with Gasteiger partial charge in [-0.1, -0.05) is 6.92 Å². The minimum Gasteiger partial charge on any atom is -0.367 e. The van der Waals surface area contributed by atoms with Crippen LogP contribution >= 0.6 is 15.9 Å². The summed E-state index contributed by atoms with van der Waals surface area (Å²) in [7, 11) is -0.834. The van der Waals surface area contributed by atoms with Crippen molar-refractivity contribution in [1.82, 2.24) is 4.98 Å². The van der Waals surface area contributed by atoms with Crippen molar-refractivity contribution >= 4 is 32.5 Å². The molecule has 1 aromatic rings. The van der Waals surface area contributed by atoms with Crippen LogP contribution in [0.15, 0.2) is 16.7 Å². The van der Waals surface area contributed by atoms with Crippen LogP contribution in [0.4, 0.5) is 10.2 Å². The molecule has 0 aliphatic rings. The van der Waals surface area contributed by atoms with Crippen molar-refractivity contribution in [2.24, 2.45) is 0 Å². The van der Waals surface area contributed by atoms with Crippen LogP contribution in [0.2, 0.25) is 0 Å². The zero-order valence-corrected chi connectivity index (χ0v) is 10.7. The SMILES string of the molecule is CCS(=O)CCNc1ncc(Br)cc1F. The van der Waals surface area contributed by atoms with Crippen molar-refractivity contribution in [3.8, 4) is 0 Å². The van der Waals surface area contributed by atoms with Crippen molar-refractivity contribution in [2.75, 3.05) is 23.4 Å². The number of hydrogen-bond acceptors (Lipinski definition) is 3. The monoisotopic (exact) mass is 294 g/mol. The normalized spacial score (nSPS) is 12.5. The number of pyridine rings is 1. The number of rotatable bonds is 5. The average molecular weight is 295 g/mol. The molecule has 0 spiro atoms. The molecule has 15 heavy (non-hydrogen) atoms. The first kappa shape index (κ1) is 12.6. The highest BCUT2D eigenvalue weighted by molar-refractivity contribution is 9.10. The molecule has 1 unspecified atom stereocenters. The van der Waals surface area contributed by atoms with Gasteiger partial charge in [-0.2, -0.15) is 0 Å². The van der Waals surface area contributed by atoms with Crippen LogP contribution in [0.5, 0.6) is 0 Å². The number of halogens is 2. The van der Waals surface area contributed by atoms with Crippen LogP contribution in [0.25, 0.3) is 0 Å². The fraction of sp³-hybridized carbons (Fsp3) is 0.444. The first-order chi connectivity index (χ1) is 7.13. The second kappa shape index (κ2) is 6.17. The van der Waals surface area contributed by atoms with Crippen LogP contribution in [-0.4, -0.2) is 27.2 Å². The molecule has 0 radical (unpaired) electrons. The van der Waals surface area contributed by atoms with Crippen LogP contribution in [0.1, 0.15) is 6.92 Å². The van der Waals surface area contributed by atoms with Gasteiger partial charge in [0.15, 0.2) is 11.6 Å².